The first-order valence-corrected chi connectivity index (χ1v) is 7.11. The number of aromatic nitrogens is 3. The standard InChI is InChI=1S/C18H17N3O/c1-12-13(2)19-17(21-18(12)22-3)16-11-7-10-15(20-16)14-8-5-4-6-9-14/h4-11H,1-3H3. The van der Waals surface area contributed by atoms with Crippen LogP contribution in [0.25, 0.3) is 22.8 Å². The monoisotopic (exact) mass is 291 g/mol. The highest BCUT2D eigenvalue weighted by atomic mass is 16.5. The number of ether oxygens (including phenoxy) is 1. The van der Waals surface area contributed by atoms with E-state index in [1.54, 1.807) is 7.11 Å². The van der Waals surface area contributed by atoms with E-state index < -0.39 is 0 Å². The van der Waals surface area contributed by atoms with E-state index in [0.717, 1.165) is 28.2 Å². The Morgan fingerprint density at radius 3 is 2.23 bits per heavy atom. The highest BCUT2D eigenvalue weighted by Gasteiger charge is 2.11. The maximum absolute atomic E-state index is 5.32. The number of nitrogens with zero attached hydrogens (tertiary/aromatic N) is 3. The van der Waals surface area contributed by atoms with Crippen LogP contribution in [0.4, 0.5) is 0 Å². The van der Waals surface area contributed by atoms with Crippen molar-refractivity contribution in [2.24, 2.45) is 0 Å². The summed E-state index contributed by atoms with van der Waals surface area (Å²) in [7, 11) is 1.62. The van der Waals surface area contributed by atoms with Gasteiger partial charge in [0.05, 0.1) is 12.8 Å². The molecule has 0 amide bonds. The van der Waals surface area contributed by atoms with E-state index in [2.05, 4.69) is 15.0 Å². The number of aryl methyl sites for hydroxylation is 1. The van der Waals surface area contributed by atoms with Crippen LogP contribution in [0.1, 0.15) is 11.3 Å². The van der Waals surface area contributed by atoms with Gasteiger partial charge in [-0.15, -0.1) is 0 Å². The lowest BCUT2D eigenvalue weighted by Gasteiger charge is -2.09. The van der Waals surface area contributed by atoms with Gasteiger partial charge in [0.25, 0.3) is 0 Å². The molecule has 3 aromatic rings. The summed E-state index contributed by atoms with van der Waals surface area (Å²) >= 11 is 0. The fourth-order valence-electron chi connectivity index (χ4n) is 2.24. The maximum Gasteiger partial charge on any atom is 0.219 e. The van der Waals surface area contributed by atoms with Gasteiger partial charge in [-0.05, 0) is 26.0 Å². The van der Waals surface area contributed by atoms with Gasteiger partial charge < -0.3 is 4.74 Å². The van der Waals surface area contributed by atoms with Gasteiger partial charge in [0.2, 0.25) is 5.88 Å². The highest BCUT2D eigenvalue weighted by Crippen LogP contribution is 2.24. The first kappa shape index (κ1) is 14.2. The third-order valence-electron chi connectivity index (χ3n) is 3.59. The van der Waals surface area contributed by atoms with E-state index in [1.165, 1.54) is 0 Å². The van der Waals surface area contributed by atoms with Gasteiger partial charge in [0.15, 0.2) is 5.82 Å². The van der Waals surface area contributed by atoms with Crippen molar-refractivity contribution in [2.75, 3.05) is 7.11 Å². The molecule has 0 aliphatic rings. The summed E-state index contributed by atoms with van der Waals surface area (Å²) in [5.74, 6) is 1.17. The third kappa shape index (κ3) is 2.68. The van der Waals surface area contributed by atoms with Crippen molar-refractivity contribution in [1.82, 2.24) is 15.0 Å². The van der Waals surface area contributed by atoms with Crippen molar-refractivity contribution < 1.29 is 4.74 Å². The number of methoxy groups -OCH3 is 1. The molecule has 1 aromatic carbocycles. The first-order valence-electron chi connectivity index (χ1n) is 7.11. The van der Waals surface area contributed by atoms with Crippen LogP contribution in [0.15, 0.2) is 48.5 Å². The molecule has 0 spiro atoms. The van der Waals surface area contributed by atoms with Crippen LogP contribution >= 0.6 is 0 Å². The molecule has 4 nitrogen and oxygen atoms in total. The second-order valence-electron chi connectivity index (χ2n) is 5.04. The van der Waals surface area contributed by atoms with Gasteiger partial charge in [-0.25, -0.2) is 9.97 Å². The molecule has 2 heterocycles. The minimum atomic E-state index is 0.581. The van der Waals surface area contributed by atoms with Crippen molar-refractivity contribution in [3.63, 3.8) is 0 Å². The number of hydrogen-bond donors (Lipinski definition) is 0. The van der Waals surface area contributed by atoms with Crippen molar-refractivity contribution in [1.29, 1.82) is 0 Å². The molecule has 0 radical (unpaired) electrons. The molecular weight excluding hydrogens is 274 g/mol. The van der Waals surface area contributed by atoms with Gasteiger partial charge in [-0.2, -0.15) is 4.98 Å². The SMILES string of the molecule is COc1nc(-c2cccc(-c3ccccc3)n2)nc(C)c1C. The molecule has 0 saturated heterocycles. The highest BCUT2D eigenvalue weighted by molar-refractivity contribution is 5.63. The Hall–Kier alpha value is -2.75. The van der Waals surface area contributed by atoms with Crippen molar-refractivity contribution in [2.45, 2.75) is 13.8 Å². The van der Waals surface area contributed by atoms with Crippen molar-refractivity contribution in [3.05, 3.63) is 59.8 Å². The molecule has 0 bridgehead atoms. The van der Waals surface area contributed by atoms with Crippen molar-refractivity contribution >= 4 is 0 Å². The molecule has 0 saturated carbocycles. The topological polar surface area (TPSA) is 47.9 Å². The van der Waals surface area contributed by atoms with Crippen LogP contribution in [-0.4, -0.2) is 22.1 Å². The predicted octanol–water partition coefficient (Wildman–Crippen LogP) is 3.83. The number of benzene rings is 1. The van der Waals surface area contributed by atoms with E-state index in [9.17, 15) is 0 Å². The molecule has 0 atom stereocenters. The number of pyridine rings is 1. The molecule has 0 aliphatic heterocycles. The molecule has 3 rings (SSSR count). The predicted molar refractivity (Wildman–Crippen MR) is 86.7 cm³/mol. The summed E-state index contributed by atoms with van der Waals surface area (Å²) in [6.45, 7) is 3.90. The van der Waals surface area contributed by atoms with E-state index >= 15 is 0 Å². The average molecular weight is 291 g/mol. The Bertz CT molecular complexity index is 801. The Kier molecular flexibility index (Phi) is 3.83. The number of rotatable bonds is 3. The zero-order chi connectivity index (χ0) is 15.5. The van der Waals surface area contributed by atoms with Gasteiger partial charge in [0, 0.05) is 16.8 Å². The summed E-state index contributed by atoms with van der Waals surface area (Å²) in [6, 6.07) is 15.9. The van der Waals surface area contributed by atoms with Gasteiger partial charge in [0.1, 0.15) is 5.69 Å². The summed E-state index contributed by atoms with van der Waals surface area (Å²) in [6.07, 6.45) is 0. The molecule has 110 valence electrons. The van der Waals surface area contributed by atoms with E-state index in [1.807, 2.05) is 62.4 Å². The zero-order valence-electron chi connectivity index (χ0n) is 12.9. The lowest BCUT2D eigenvalue weighted by molar-refractivity contribution is 0.393. The molecule has 0 N–H and O–H groups in total. The quantitative estimate of drug-likeness (QED) is 0.736. The van der Waals surface area contributed by atoms with Gasteiger partial charge in [-0.3, -0.25) is 0 Å². The van der Waals surface area contributed by atoms with Crippen LogP contribution in [0.5, 0.6) is 5.88 Å². The van der Waals surface area contributed by atoms with Gasteiger partial charge >= 0.3 is 0 Å². The number of hydrogen-bond acceptors (Lipinski definition) is 4. The van der Waals surface area contributed by atoms with E-state index in [4.69, 9.17) is 4.74 Å². The molecule has 0 unspecified atom stereocenters. The molecular formula is C18H17N3O. The molecule has 4 heteroatoms. The normalized spacial score (nSPS) is 10.5. The van der Waals surface area contributed by atoms with Crippen LogP contribution in [0.3, 0.4) is 0 Å². The van der Waals surface area contributed by atoms with Crippen LogP contribution < -0.4 is 4.74 Å². The summed E-state index contributed by atoms with van der Waals surface area (Å²) in [5.41, 5.74) is 4.56. The Morgan fingerprint density at radius 2 is 1.50 bits per heavy atom. The second-order valence-corrected chi connectivity index (χ2v) is 5.04. The van der Waals surface area contributed by atoms with Crippen molar-refractivity contribution in [3.8, 4) is 28.7 Å². The van der Waals surface area contributed by atoms with Crippen LogP contribution in [-0.2, 0) is 0 Å². The third-order valence-corrected chi connectivity index (χ3v) is 3.59. The minimum Gasteiger partial charge on any atom is -0.481 e. The van der Waals surface area contributed by atoms with Gasteiger partial charge in [-0.1, -0.05) is 36.4 Å². The van der Waals surface area contributed by atoms with E-state index in [-0.39, 0.29) is 0 Å². The summed E-state index contributed by atoms with van der Waals surface area (Å²) in [5, 5.41) is 0. The molecule has 0 aliphatic carbocycles. The fourth-order valence-corrected chi connectivity index (χ4v) is 2.24. The Balaban J connectivity index is 2.08. The largest absolute Gasteiger partial charge is 0.481 e. The van der Waals surface area contributed by atoms with E-state index in [0.29, 0.717) is 11.7 Å². The summed E-state index contributed by atoms with van der Waals surface area (Å²) in [4.78, 5) is 13.7. The lowest BCUT2D eigenvalue weighted by Crippen LogP contribution is -2.01. The smallest absolute Gasteiger partial charge is 0.219 e. The van der Waals surface area contributed by atoms with Crippen LogP contribution in [0, 0.1) is 13.8 Å². The molecule has 0 fully saturated rings. The average Bonchev–Trinajstić information content (AvgIpc) is 2.58. The van der Waals surface area contributed by atoms with Crippen LogP contribution in [0.2, 0.25) is 0 Å². The molecule has 22 heavy (non-hydrogen) atoms. The molecule has 2 aromatic heterocycles. The Labute approximate surface area is 129 Å². The Morgan fingerprint density at radius 1 is 0.773 bits per heavy atom. The summed E-state index contributed by atoms with van der Waals surface area (Å²) < 4.78 is 5.32. The minimum absolute atomic E-state index is 0.581. The lowest BCUT2D eigenvalue weighted by atomic mass is 10.1. The fraction of sp³-hybridized carbons (Fsp3) is 0.167. The second kappa shape index (κ2) is 5.93. The maximum atomic E-state index is 5.32. The zero-order valence-corrected chi connectivity index (χ0v) is 12.9. The first-order chi connectivity index (χ1) is 10.7.